The van der Waals surface area contributed by atoms with Crippen LogP contribution in [0.1, 0.15) is 15.9 Å². The molecular weight excluding hydrogens is 238 g/mol. The van der Waals surface area contributed by atoms with Gasteiger partial charge in [0.05, 0.1) is 5.69 Å². The monoisotopic (exact) mass is 251 g/mol. The molecule has 94 valence electrons. The van der Waals surface area contributed by atoms with E-state index in [0.717, 1.165) is 11.8 Å². The fourth-order valence-corrected chi connectivity index (χ4v) is 1.62. The van der Waals surface area contributed by atoms with Crippen molar-refractivity contribution in [1.29, 1.82) is 0 Å². The maximum absolute atomic E-state index is 11.7. The predicted molar refractivity (Wildman–Crippen MR) is 75.9 cm³/mol. The lowest BCUT2D eigenvalue weighted by Crippen LogP contribution is -2.09. The number of carbonyl (C=O) groups excluding carboxylic acids is 2. The average Bonchev–Trinajstić information content (AvgIpc) is 2.47. The molecule has 0 saturated carbocycles. The maximum Gasteiger partial charge on any atom is 0.248 e. The smallest absolute Gasteiger partial charge is 0.248 e. The Morgan fingerprint density at radius 2 is 1.63 bits per heavy atom. The molecule has 2 aromatic carbocycles. The van der Waals surface area contributed by atoms with E-state index in [1.807, 2.05) is 30.3 Å². The highest BCUT2D eigenvalue weighted by Gasteiger charge is 2.02. The van der Waals surface area contributed by atoms with Gasteiger partial charge in [0.15, 0.2) is 6.29 Å². The molecule has 2 rings (SSSR count). The van der Waals surface area contributed by atoms with E-state index in [1.54, 1.807) is 30.3 Å². The van der Waals surface area contributed by atoms with Gasteiger partial charge < -0.3 is 5.32 Å². The third kappa shape index (κ3) is 3.64. The molecule has 0 fully saturated rings. The first-order valence-electron chi connectivity index (χ1n) is 5.88. The second kappa shape index (κ2) is 6.31. The van der Waals surface area contributed by atoms with Crippen LogP contribution in [0.4, 0.5) is 5.69 Å². The minimum Gasteiger partial charge on any atom is -0.322 e. The largest absolute Gasteiger partial charge is 0.322 e. The summed E-state index contributed by atoms with van der Waals surface area (Å²) in [5.41, 5.74) is 1.92. The molecule has 0 atom stereocenters. The molecule has 0 aromatic heterocycles. The van der Waals surface area contributed by atoms with Crippen LogP contribution in [-0.4, -0.2) is 12.2 Å². The lowest BCUT2D eigenvalue weighted by atomic mass is 10.2. The summed E-state index contributed by atoms with van der Waals surface area (Å²) in [7, 11) is 0. The summed E-state index contributed by atoms with van der Waals surface area (Å²) in [6.07, 6.45) is 3.88. The van der Waals surface area contributed by atoms with Crippen molar-refractivity contribution in [1.82, 2.24) is 0 Å². The molecule has 0 aliphatic rings. The summed E-state index contributed by atoms with van der Waals surface area (Å²) in [6.45, 7) is 0. The Morgan fingerprint density at radius 3 is 2.37 bits per heavy atom. The molecule has 0 unspecified atom stereocenters. The lowest BCUT2D eigenvalue weighted by Gasteiger charge is -2.04. The van der Waals surface area contributed by atoms with E-state index < -0.39 is 0 Å². The summed E-state index contributed by atoms with van der Waals surface area (Å²) in [4.78, 5) is 22.6. The topological polar surface area (TPSA) is 46.2 Å². The van der Waals surface area contributed by atoms with E-state index in [0.29, 0.717) is 11.3 Å². The number of hydrogen-bond donors (Lipinski definition) is 1. The van der Waals surface area contributed by atoms with Crippen molar-refractivity contribution < 1.29 is 9.59 Å². The van der Waals surface area contributed by atoms with Crippen LogP contribution in [0.2, 0.25) is 0 Å². The van der Waals surface area contributed by atoms with Crippen LogP contribution in [0.25, 0.3) is 6.08 Å². The first-order valence-corrected chi connectivity index (χ1v) is 5.88. The van der Waals surface area contributed by atoms with Gasteiger partial charge in [-0.25, -0.2) is 0 Å². The van der Waals surface area contributed by atoms with Crippen LogP contribution in [0.5, 0.6) is 0 Å². The van der Waals surface area contributed by atoms with Crippen molar-refractivity contribution in [2.24, 2.45) is 0 Å². The Balaban J connectivity index is 2.06. The van der Waals surface area contributed by atoms with Gasteiger partial charge in [-0.2, -0.15) is 0 Å². The third-order valence-corrected chi connectivity index (χ3v) is 2.57. The Labute approximate surface area is 111 Å². The van der Waals surface area contributed by atoms with Gasteiger partial charge in [0.25, 0.3) is 0 Å². The van der Waals surface area contributed by atoms with Crippen molar-refractivity contribution >= 4 is 24.0 Å². The molecule has 3 nitrogen and oxygen atoms in total. The van der Waals surface area contributed by atoms with Crippen molar-refractivity contribution in [2.75, 3.05) is 5.32 Å². The molecule has 0 radical (unpaired) electrons. The third-order valence-electron chi connectivity index (χ3n) is 2.57. The van der Waals surface area contributed by atoms with Crippen molar-refractivity contribution in [2.45, 2.75) is 0 Å². The Kier molecular flexibility index (Phi) is 4.24. The van der Waals surface area contributed by atoms with Gasteiger partial charge in [-0.3, -0.25) is 9.59 Å². The number of aldehydes is 1. The number of nitrogens with one attached hydrogen (secondary N) is 1. The van der Waals surface area contributed by atoms with Crippen molar-refractivity contribution in [3.8, 4) is 0 Å². The Morgan fingerprint density at radius 1 is 0.947 bits per heavy atom. The molecule has 2 aromatic rings. The molecule has 1 amide bonds. The number of rotatable bonds is 4. The van der Waals surface area contributed by atoms with Crippen LogP contribution in [-0.2, 0) is 4.79 Å². The number of benzene rings is 2. The standard InChI is InChI=1S/C16H13NO2/c18-12-14-8-4-5-9-15(14)17-16(19)11-10-13-6-2-1-3-7-13/h1-12H,(H,17,19)/b11-10+. The number of amides is 1. The first kappa shape index (κ1) is 12.8. The van der Waals surface area contributed by atoms with Crippen LogP contribution >= 0.6 is 0 Å². The predicted octanol–water partition coefficient (Wildman–Crippen LogP) is 3.15. The van der Waals surface area contributed by atoms with Crippen LogP contribution in [0.3, 0.4) is 0 Å². The van der Waals surface area contributed by atoms with Gasteiger partial charge in [-0.05, 0) is 23.8 Å². The van der Waals surface area contributed by atoms with E-state index in [-0.39, 0.29) is 5.91 Å². The van der Waals surface area contributed by atoms with E-state index in [9.17, 15) is 9.59 Å². The summed E-state index contributed by atoms with van der Waals surface area (Å²) >= 11 is 0. The highest BCUT2D eigenvalue weighted by molar-refractivity contribution is 6.04. The van der Waals surface area contributed by atoms with Gasteiger partial charge in [0, 0.05) is 11.6 Å². The number of para-hydroxylation sites is 1. The summed E-state index contributed by atoms with van der Waals surface area (Å²) < 4.78 is 0. The summed E-state index contributed by atoms with van der Waals surface area (Å²) in [5, 5.41) is 2.67. The second-order valence-electron chi connectivity index (χ2n) is 3.94. The molecule has 0 aliphatic heterocycles. The number of anilines is 1. The molecule has 0 bridgehead atoms. The van der Waals surface area contributed by atoms with Gasteiger partial charge in [-0.1, -0.05) is 42.5 Å². The molecule has 0 saturated heterocycles. The zero-order chi connectivity index (χ0) is 13.5. The minimum atomic E-state index is -0.266. The molecule has 0 aliphatic carbocycles. The Bertz CT molecular complexity index is 603. The average molecular weight is 251 g/mol. The van der Waals surface area contributed by atoms with Gasteiger partial charge in [-0.15, -0.1) is 0 Å². The van der Waals surface area contributed by atoms with Gasteiger partial charge in [0.2, 0.25) is 5.91 Å². The van der Waals surface area contributed by atoms with Gasteiger partial charge in [0.1, 0.15) is 0 Å². The number of carbonyl (C=O) groups is 2. The van der Waals surface area contributed by atoms with E-state index in [4.69, 9.17) is 0 Å². The molecule has 3 heteroatoms. The lowest BCUT2D eigenvalue weighted by molar-refractivity contribution is -0.111. The SMILES string of the molecule is O=Cc1ccccc1NC(=O)/C=C/c1ccccc1. The van der Waals surface area contributed by atoms with E-state index >= 15 is 0 Å². The zero-order valence-electron chi connectivity index (χ0n) is 10.2. The van der Waals surface area contributed by atoms with Crippen LogP contribution < -0.4 is 5.32 Å². The second-order valence-corrected chi connectivity index (χ2v) is 3.94. The Hall–Kier alpha value is -2.68. The van der Waals surface area contributed by atoms with Crippen molar-refractivity contribution in [3.05, 3.63) is 71.8 Å². The molecule has 1 N–H and O–H groups in total. The fraction of sp³-hybridized carbons (Fsp3) is 0. The zero-order valence-corrected chi connectivity index (χ0v) is 10.2. The molecular formula is C16H13NO2. The quantitative estimate of drug-likeness (QED) is 0.670. The minimum absolute atomic E-state index is 0.266. The highest BCUT2D eigenvalue weighted by Crippen LogP contribution is 2.12. The molecule has 19 heavy (non-hydrogen) atoms. The molecule has 0 spiro atoms. The normalized spacial score (nSPS) is 10.3. The first-order chi connectivity index (χ1) is 9.29. The van der Waals surface area contributed by atoms with E-state index in [2.05, 4.69) is 5.32 Å². The van der Waals surface area contributed by atoms with Crippen molar-refractivity contribution in [3.63, 3.8) is 0 Å². The van der Waals surface area contributed by atoms with Crippen LogP contribution in [0.15, 0.2) is 60.7 Å². The maximum atomic E-state index is 11.7. The van der Waals surface area contributed by atoms with E-state index in [1.165, 1.54) is 6.08 Å². The summed E-state index contributed by atoms with van der Waals surface area (Å²) in [6, 6.07) is 16.4. The van der Waals surface area contributed by atoms with Gasteiger partial charge >= 0.3 is 0 Å². The fourth-order valence-electron chi connectivity index (χ4n) is 1.62. The highest BCUT2D eigenvalue weighted by atomic mass is 16.1. The summed E-state index contributed by atoms with van der Waals surface area (Å²) in [5.74, 6) is -0.266. The molecule has 0 heterocycles. The number of hydrogen-bond acceptors (Lipinski definition) is 2. The van der Waals surface area contributed by atoms with Crippen LogP contribution in [0, 0.1) is 0 Å².